The van der Waals surface area contributed by atoms with E-state index in [4.69, 9.17) is 9.52 Å². The Morgan fingerprint density at radius 2 is 1.84 bits per heavy atom. The Bertz CT molecular complexity index is 856. The minimum Gasteiger partial charge on any atom is -0.463 e. The van der Waals surface area contributed by atoms with Gasteiger partial charge in [0, 0.05) is 5.56 Å². The van der Waals surface area contributed by atoms with Gasteiger partial charge in [0.2, 0.25) is 0 Å². The van der Waals surface area contributed by atoms with Gasteiger partial charge in [-0.15, -0.1) is 0 Å². The van der Waals surface area contributed by atoms with Crippen molar-refractivity contribution < 1.29 is 9.32 Å². The molecule has 1 aliphatic rings. The van der Waals surface area contributed by atoms with Crippen molar-refractivity contribution in [3.05, 3.63) is 72.2 Å². The van der Waals surface area contributed by atoms with E-state index in [0.29, 0.717) is 0 Å². The van der Waals surface area contributed by atoms with Crippen molar-refractivity contribution in [2.75, 3.05) is 26.2 Å². The molecule has 0 bridgehead atoms. The molecule has 128 valence electrons. The number of benzene rings is 2. The number of nitrogens with zero attached hydrogens (tertiary/aromatic N) is 2. The first-order valence-electron chi connectivity index (χ1n) is 8.94. The minimum absolute atomic E-state index is 0.852. The van der Waals surface area contributed by atoms with Gasteiger partial charge in [-0.1, -0.05) is 42.5 Å². The summed E-state index contributed by atoms with van der Waals surface area (Å²) in [7, 11) is 0. The van der Waals surface area contributed by atoms with E-state index in [1.54, 1.807) is 11.2 Å². The average molecular weight is 334 g/mol. The normalized spacial score (nSPS) is 16.5. The summed E-state index contributed by atoms with van der Waals surface area (Å²) < 4.78 is 5.42. The Kier molecular flexibility index (Phi) is 4.53. The standard InChI is InChI=1S/C21H23N3O/c1-17(21-10-5-15-25-21)22-24-13-11-23(12-14-24)16-19-8-4-7-18-6-2-3-9-20(18)19/h2-10,15H,11-14,16H2,1H3/p+1/b22-17+. The highest BCUT2D eigenvalue weighted by Gasteiger charge is 2.20. The van der Waals surface area contributed by atoms with Crippen LogP contribution in [-0.2, 0) is 6.54 Å². The van der Waals surface area contributed by atoms with Gasteiger partial charge in [-0.2, -0.15) is 5.10 Å². The molecule has 0 radical (unpaired) electrons. The van der Waals surface area contributed by atoms with Gasteiger partial charge in [0.15, 0.2) is 0 Å². The number of hydrogen-bond donors (Lipinski definition) is 1. The number of furan rings is 1. The molecule has 0 spiro atoms. The zero-order chi connectivity index (χ0) is 17.1. The predicted octanol–water partition coefficient (Wildman–Crippen LogP) is 2.56. The maximum atomic E-state index is 5.42. The summed E-state index contributed by atoms with van der Waals surface area (Å²) >= 11 is 0. The molecule has 4 nitrogen and oxygen atoms in total. The van der Waals surface area contributed by atoms with Crippen molar-refractivity contribution >= 4 is 16.5 Å². The Balaban J connectivity index is 1.40. The molecule has 1 aromatic heterocycles. The van der Waals surface area contributed by atoms with Crippen LogP contribution >= 0.6 is 0 Å². The Labute approximate surface area is 148 Å². The maximum Gasteiger partial charge on any atom is 0.149 e. The van der Waals surface area contributed by atoms with E-state index in [1.807, 2.05) is 19.1 Å². The van der Waals surface area contributed by atoms with Crippen LogP contribution in [0, 0.1) is 0 Å². The zero-order valence-corrected chi connectivity index (χ0v) is 14.6. The molecule has 4 rings (SSSR count). The number of fused-ring (bicyclic) bond motifs is 1. The number of hydrogen-bond acceptors (Lipinski definition) is 3. The number of piperazine rings is 1. The lowest BCUT2D eigenvalue weighted by atomic mass is 10.0. The van der Waals surface area contributed by atoms with E-state index in [2.05, 4.69) is 47.5 Å². The summed E-state index contributed by atoms with van der Waals surface area (Å²) in [6.45, 7) is 7.27. The summed E-state index contributed by atoms with van der Waals surface area (Å²) in [5, 5.41) is 9.60. The van der Waals surface area contributed by atoms with Gasteiger partial charge >= 0.3 is 0 Å². The van der Waals surface area contributed by atoms with Crippen LogP contribution < -0.4 is 4.90 Å². The molecular weight excluding hydrogens is 310 g/mol. The van der Waals surface area contributed by atoms with Crippen LogP contribution in [0.1, 0.15) is 18.2 Å². The molecule has 0 aliphatic carbocycles. The Morgan fingerprint density at radius 3 is 2.64 bits per heavy atom. The van der Waals surface area contributed by atoms with Crippen molar-refractivity contribution in [2.24, 2.45) is 5.10 Å². The van der Waals surface area contributed by atoms with Gasteiger partial charge in [0.05, 0.1) is 38.2 Å². The largest absolute Gasteiger partial charge is 0.463 e. The number of rotatable bonds is 4. The monoisotopic (exact) mass is 334 g/mol. The van der Waals surface area contributed by atoms with Gasteiger partial charge in [-0.25, -0.2) is 0 Å². The molecule has 1 saturated heterocycles. The van der Waals surface area contributed by atoms with Crippen LogP contribution in [0.3, 0.4) is 0 Å². The summed E-state index contributed by atoms with van der Waals surface area (Å²) in [5.74, 6) is 0.852. The van der Waals surface area contributed by atoms with Crippen molar-refractivity contribution in [3.8, 4) is 0 Å². The van der Waals surface area contributed by atoms with Gasteiger partial charge in [0.25, 0.3) is 0 Å². The number of quaternary nitrogens is 1. The molecule has 25 heavy (non-hydrogen) atoms. The Morgan fingerprint density at radius 1 is 1.04 bits per heavy atom. The van der Waals surface area contributed by atoms with Crippen molar-refractivity contribution in [3.63, 3.8) is 0 Å². The highest BCUT2D eigenvalue weighted by atomic mass is 16.3. The maximum absolute atomic E-state index is 5.42. The second-order valence-electron chi connectivity index (χ2n) is 6.68. The summed E-state index contributed by atoms with van der Waals surface area (Å²) in [6, 6.07) is 19.2. The van der Waals surface area contributed by atoms with Gasteiger partial charge in [-0.05, 0) is 29.8 Å². The topological polar surface area (TPSA) is 33.2 Å². The van der Waals surface area contributed by atoms with Crippen LogP contribution in [0.2, 0.25) is 0 Å². The van der Waals surface area contributed by atoms with Crippen molar-refractivity contribution in [1.29, 1.82) is 0 Å². The third kappa shape index (κ3) is 3.59. The molecule has 0 saturated carbocycles. The molecule has 1 N–H and O–H groups in total. The quantitative estimate of drug-likeness (QED) is 0.744. The fraction of sp³-hybridized carbons (Fsp3) is 0.286. The molecule has 2 aromatic carbocycles. The highest BCUT2D eigenvalue weighted by molar-refractivity contribution is 5.95. The molecule has 1 aliphatic heterocycles. The second-order valence-corrected chi connectivity index (χ2v) is 6.68. The van der Waals surface area contributed by atoms with Crippen LogP contribution in [0.4, 0.5) is 0 Å². The third-order valence-electron chi connectivity index (χ3n) is 4.94. The lowest BCUT2D eigenvalue weighted by molar-refractivity contribution is -0.918. The first-order chi connectivity index (χ1) is 12.3. The molecule has 2 heterocycles. The molecule has 0 unspecified atom stereocenters. The summed E-state index contributed by atoms with van der Waals surface area (Å²) in [5.41, 5.74) is 2.39. The van der Waals surface area contributed by atoms with E-state index in [0.717, 1.165) is 44.2 Å². The Hall–Kier alpha value is -2.59. The molecular formula is C21H24N3O+. The van der Waals surface area contributed by atoms with E-state index in [1.165, 1.54) is 16.3 Å². The van der Waals surface area contributed by atoms with Crippen LogP contribution in [0.15, 0.2) is 70.4 Å². The zero-order valence-electron chi connectivity index (χ0n) is 14.6. The smallest absolute Gasteiger partial charge is 0.149 e. The summed E-state index contributed by atoms with van der Waals surface area (Å²) in [6.07, 6.45) is 1.70. The fourth-order valence-electron chi connectivity index (χ4n) is 3.55. The van der Waals surface area contributed by atoms with Crippen molar-refractivity contribution in [2.45, 2.75) is 13.5 Å². The highest BCUT2D eigenvalue weighted by Crippen LogP contribution is 2.17. The molecule has 1 fully saturated rings. The predicted molar refractivity (Wildman–Crippen MR) is 101 cm³/mol. The average Bonchev–Trinajstić information content (AvgIpc) is 3.19. The molecule has 0 amide bonds. The summed E-state index contributed by atoms with van der Waals surface area (Å²) in [4.78, 5) is 1.62. The first-order valence-corrected chi connectivity index (χ1v) is 8.94. The van der Waals surface area contributed by atoms with Gasteiger partial charge in [0.1, 0.15) is 12.3 Å². The van der Waals surface area contributed by atoms with Crippen LogP contribution in [0.25, 0.3) is 10.8 Å². The van der Waals surface area contributed by atoms with Gasteiger partial charge < -0.3 is 9.32 Å². The van der Waals surface area contributed by atoms with E-state index in [-0.39, 0.29) is 0 Å². The van der Waals surface area contributed by atoms with Gasteiger partial charge in [-0.3, -0.25) is 5.01 Å². The minimum atomic E-state index is 0.852. The number of hydrazone groups is 1. The lowest BCUT2D eigenvalue weighted by Crippen LogP contribution is -3.13. The van der Waals surface area contributed by atoms with Crippen LogP contribution in [0.5, 0.6) is 0 Å². The van der Waals surface area contributed by atoms with Crippen LogP contribution in [-0.4, -0.2) is 36.9 Å². The lowest BCUT2D eigenvalue weighted by Gasteiger charge is -2.31. The number of nitrogens with one attached hydrogen (secondary N) is 1. The molecule has 0 atom stereocenters. The van der Waals surface area contributed by atoms with E-state index >= 15 is 0 Å². The molecule has 4 heteroatoms. The SMILES string of the molecule is C/C(=N\N1CC[NH+](Cc2cccc3ccccc23)CC1)c1ccco1. The van der Waals surface area contributed by atoms with E-state index in [9.17, 15) is 0 Å². The first kappa shape index (κ1) is 15.9. The van der Waals surface area contributed by atoms with E-state index < -0.39 is 0 Å². The third-order valence-corrected chi connectivity index (χ3v) is 4.94. The second kappa shape index (κ2) is 7.11. The fourth-order valence-corrected chi connectivity index (χ4v) is 3.55. The van der Waals surface area contributed by atoms with Crippen molar-refractivity contribution in [1.82, 2.24) is 5.01 Å². The molecule has 3 aromatic rings.